The van der Waals surface area contributed by atoms with Gasteiger partial charge in [0.1, 0.15) is 11.5 Å². The third-order valence-corrected chi connectivity index (χ3v) is 5.83. The first-order valence-electron chi connectivity index (χ1n) is 9.82. The van der Waals surface area contributed by atoms with Crippen molar-refractivity contribution in [3.05, 3.63) is 102 Å². The van der Waals surface area contributed by atoms with Gasteiger partial charge < -0.3 is 15.2 Å². The highest BCUT2D eigenvalue weighted by Crippen LogP contribution is 2.50. The van der Waals surface area contributed by atoms with Gasteiger partial charge in [0.25, 0.3) is 0 Å². The molecular formula is C25H21NO3. The van der Waals surface area contributed by atoms with Crippen LogP contribution in [0.2, 0.25) is 0 Å². The number of nitrogens with one attached hydrogen (secondary N) is 1. The van der Waals surface area contributed by atoms with E-state index >= 15 is 0 Å². The van der Waals surface area contributed by atoms with E-state index in [0.29, 0.717) is 17.4 Å². The fourth-order valence-electron chi connectivity index (χ4n) is 4.42. The van der Waals surface area contributed by atoms with Gasteiger partial charge in [-0.25, -0.2) is 4.79 Å². The van der Waals surface area contributed by atoms with Crippen LogP contribution >= 0.6 is 0 Å². The Labute approximate surface area is 169 Å². The summed E-state index contributed by atoms with van der Waals surface area (Å²) >= 11 is 0. The number of rotatable bonds is 4. The Morgan fingerprint density at radius 2 is 1.76 bits per heavy atom. The van der Waals surface area contributed by atoms with E-state index in [1.165, 1.54) is 5.56 Å². The standard InChI is InChI=1S/C25H21NO3/c27-25(28)17-11-9-16(10-12-17)24-21-8-4-7-20(21)22-15-19(13-14-23(22)26-24)29-18-5-2-1-3-6-18/h1-7,9-15,20-21,24,26H,8H2,(H,27,28)/t20-,21-,24-/m0/s1. The molecule has 0 saturated carbocycles. The Hall–Kier alpha value is -3.53. The van der Waals surface area contributed by atoms with E-state index in [4.69, 9.17) is 9.84 Å². The van der Waals surface area contributed by atoms with Crippen molar-refractivity contribution in [2.75, 3.05) is 5.32 Å². The molecule has 4 heteroatoms. The van der Waals surface area contributed by atoms with Crippen molar-refractivity contribution in [2.24, 2.45) is 5.92 Å². The number of anilines is 1. The lowest BCUT2D eigenvalue weighted by molar-refractivity contribution is 0.0697. The minimum Gasteiger partial charge on any atom is -0.478 e. The Kier molecular flexibility index (Phi) is 4.32. The first-order chi connectivity index (χ1) is 14.2. The van der Waals surface area contributed by atoms with Gasteiger partial charge in [0.05, 0.1) is 11.6 Å². The van der Waals surface area contributed by atoms with E-state index in [-0.39, 0.29) is 6.04 Å². The lowest BCUT2D eigenvalue weighted by Gasteiger charge is -2.37. The molecule has 4 nitrogen and oxygen atoms in total. The molecule has 0 amide bonds. The maximum absolute atomic E-state index is 11.2. The first kappa shape index (κ1) is 17.6. The van der Waals surface area contributed by atoms with Crippen molar-refractivity contribution in [2.45, 2.75) is 18.4 Å². The Bertz CT molecular complexity index is 1070. The Morgan fingerprint density at radius 1 is 0.966 bits per heavy atom. The zero-order valence-corrected chi connectivity index (χ0v) is 15.8. The molecule has 0 spiro atoms. The summed E-state index contributed by atoms with van der Waals surface area (Å²) in [4.78, 5) is 11.2. The number of benzene rings is 3. The molecule has 29 heavy (non-hydrogen) atoms. The summed E-state index contributed by atoms with van der Waals surface area (Å²) in [5.74, 6) is 1.47. The molecule has 144 valence electrons. The van der Waals surface area contributed by atoms with Crippen LogP contribution in [-0.2, 0) is 0 Å². The molecule has 0 bridgehead atoms. The van der Waals surface area contributed by atoms with Crippen LogP contribution in [0.4, 0.5) is 5.69 Å². The SMILES string of the molecule is O=C(O)c1ccc([C@@H]2Nc3ccc(Oc4ccccc4)cc3[C@H]3C=CC[C@@H]32)cc1. The van der Waals surface area contributed by atoms with Crippen LogP contribution in [0.5, 0.6) is 11.5 Å². The van der Waals surface area contributed by atoms with Crippen molar-refractivity contribution in [3.63, 3.8) is 0 Å². The van der Waals surface area contributed by atoms with Crippen LogP contribution in [0.15, 0.2) is 84.9 Å². The fourth-order valence-corrected chi connectivity index (χ4v) is 4.42. The van der Waals surface area contributed by atoms with Gasteiger partial charge in [0.2, 0.25) is 0 Å². The highest BCUT2D eigenvalue weighted by atomic mass is 16.5. The maximum Gasteiger partial charge on any atom is 0.335 e. The molecular weight excluding hydrogens is 362 g/mol. The molecule has 0 saturated heterocycles. The number of aromatic carboxylic acids is 1. The molecule has 3 aromatic carbocycles. The average molecular weight is 383 g/mol. The summed E-state index contributed by atoms with van der Waals surface area (Å²) in [5.41, 5.74) is 3.78. The summed E-state index contributed by atoms with van der Waals surface area (Å²) in [6, 6.07) is 23.4. The first-order valence-corrected chi connectivity index (χ1v) is 9.82. The van der Waals surface area contributed by atoms with Crippen LogP contribution < -0.4 is 10.1 Å². The van der Waals surface area contributed by atoms with Crippen molar-refractivity contribution < 1.29 is 14.6 Å². The zero-order valence-electron chi connectivity index (χ0n) is 15.8. The van der Waals surface area contributed by atoms with Crippen LogP contribution in [0, 0.1) is 5.92 Å². The predicted octanol–water partition coefficient (Wildman–Crippen LogP) is 6.00. The second-order valence-electron chi connectivity index (χ2n) is 7.57. The average Bonchev–Trinajstić information content (AvgIpc) is 3.24. The third kappa shape index (κ3) is 3.27. The Balaban J connectivity index is 1.46. The summed E-state index contributed by atoms with van der Waals surface area (Å²) in [5, 5.41) is 12.8. The number of allylic oxidation sites excluding steroid dienone is 2. The summed E-state index contributed by atoms with van der Waals surface area (Å²) in [6.45, 7) is 0. The van der Waals surface area contributed by atoms with Crippen molar-refractivity contribution in [3.8, 4) is 11.5 Å². The lowest BCUT2D eigenvalue weighted by atomic mass is 9.77. The molecule has 1 heterocycles. The topological polar surface area (TPSA) is 58.6 Å². The second kappa shape index (κ2) is 7.13. The van der Waals surface area contributed by atoms with Gasteiger partial charge in [-0.2, -0.15) is 0 Å². The van der Waals surface area contributed by atoms with E-state index < -0.39 is 5.97 Å². The molecule has 1 aliphatic carbocycles. The molecule has 0 fully saturated rings. The number of ether oxygens (including phenoxy) is 1. The summed E-state index contributed by atoms with van der Waals surface area (Å²) in [7, 11) is 0. The maximum atomic E-state index is 11.2. The van der Waals surface area contributed by atoms with E-state index in [2.05, 4.69) is 29.6 Å². The summed E-state index contributed by atoms with van der Waals surface area (Å²) in [6.07, 6.45) is 5.52. The minimum atomic E-state index is -0.898. The monoisotopic (exact) mass is 383 g/mol. The smallest absolute Gasteiger partial charge is 0.335 e. The molecule has 3 atom stereocenters. The van der Waals surface area contributed by atoms with E-state index in [1.54, 1.807) is 12.1 Å². The molecule has 2 N–H and O–H groups in total. The van der Waals surface area contributed by atoms with Gasteiger partial charge >= 0.3 is 5.97 Å². The van der Waals surface area contributed by atoms with Crippen molar-refractivity contribution >= 4 is 11.7 Å². The van der Waals surface area contributed by atoms with Crippen LogP contribution in [0.1, 0.15) is 39.9 Å². The number of hydrogen-bond acceptors (Lipinski definition) is 3. The van der Waals surface area contributed by atoms with E-state index in [0.717, 1.165) is 29.2 Å². The van der Waals surface area contributed by atoms with E-state index in [1.807, 2.05) is 48.5 Å². The molecule has 2 aliphatic rings. The highest BCUT2D eigenvalue weighted by molar-refractivity contribution is 5.87. The fraction of sp³-hybridized carbons (Fsp3) is 0.160. The normalized spacial score (nSPS) is 21.7. The lowest BCUT2D eigenvalue weighted by Crippen LogP contribution is -2.29. The van der Waals surface area contributed by atoms with Gasteiger partial charge in [0.15, 0.2) is 0 Å². The molecule has 0 aromatic heterocycles. The van der Waals surface area contributed by atoms with Gasteiger partial charge in [0, 0.05) is 11.6 Å². The van der Waals surface area contributed by atoms with Crippen LogP contribution in [-0.4, -0.2) is 11.1 Å². The zero-order chi connectivity index (χ0) is 19.8. The Morgan fingerprint density at radius 3 is 2.52 bits per heavy atom. The van der Waals surface area contributed by atoms with Gasteiger partial charge in [-0.15, -0.1) is 0 Å². The molecule has 5 rings (SSSR count). The number of carbonyl (C=O) groups is 1. The predicted molar refractivity (Wildman–Crippen MR) is 113 cm³/mol. The van der Waals surface area contributed by atoms with Gasteiger partial charge in [-0.3, -0.25) is 0 Å². The van der Waals surface area contributed by atoms with Crippen molar-refractivity contribution in [1.29, 1.82) is 0 Å². The quantitative estimate of drug-likeness (QED) is 0.542. The van der Waals surface area contributed by atoms with E-state index in [9.17, 15) is 4.79 Å². The summed E-state index contributed by atoms with van der Waals surface area (Å²) < 4.78 is 6.03. The third-order valence-electron chi connectivity index (χ3n) is 5.83. The van der Waals surface area contributed by atoms with Gasteiger partial charge in [-0.1, -0.05) is 42.5 Å². The molecule has 1 aliphatic heterocycles. The van der Waals surface area contributed by atoms with Crippen LogP contribution in [0.25, 0.3) is 0 Å². The van der Waals surface area contributed by atoms with Crippen LogP contribution in [0.3, 0.4) is 0 Å². The number of carboxylic acid groups (broad SMARTS) is 1. The van der Waals surface area contributed by atoms with Gasteiger partial charge in [-0.05, 0) is 65.9 Å². The molecule has 0 unspecified atom stereocenters. The number of para-hydroxylation sites is 1. The number of fused-ring (bicyclic) bond motifs is 3. The second-order valence-corrected chi connectivity index (χ2v) is 7.57. The minimum absolute atomic E-state index is 0.145. The molecule has 0 radical (unpaired) electrons. The number of carboxylic acids is 1. The molecule has 3 aromatic rings. The number of hydrogen-bond donors (Lipinski definition) is 2. The van der Waals surface area contributed by atoms with Crippen molar-refractivity contribution in [1.82, 2.24) is 0 Å². The highest BCUT2D eigenvalue weighted by Gasteiger charge is 2.38. The largest absolute Gasteiger partial charge is 0.478 e.